The lowest BCUT2D eigenvalue weighted by atomic mass is 10.2. The maximum absolute atomic E-state index is 12.4. The molecule has 0 atom stereocenters. The fraction of sp³-hybridized carbons (Fsp3) is 0.353. The highest BCUT2D eigenvalue weighted by atomic mass is 32.2. The molecule has 0 unspecified atom stereocenters. The van der Waals surface area contributed by atoms with Gasteiger partial charge in [0.2, 0.25) is 0 Å². The molecule has 7 heteroatoms. The summed E-state index contributed by atoms with van der Waals surface area (Å²) in [4.78, 5) is 25.6. The molecule has 1 N–H and O–H groups in total. The lowest BCUT2D eigenvalue weighted by Gasteiger charge is -2.13. The minimum Gasteiger partial charge on any atom is -0.508 e. The Labute approximate surface area is 150 Å². The number of phenols is 1. The highest BCUT2D eigenvalue weighted by Gasteiger charge is 2.31. The highest BCUT2D eigenvalue weighted by Crippen LogP contribution is 2.33. The molecule has 1 aromatic carbocycles. The molecule has 1 saturated heterocycles. The van der Waals surface area contributed by atoms with E-state index in [1.54, 1.807) is 29.2 Å². The number of phenolic OH excluding ortho intramolecular Hbond substituents is 1. The Morgan fingerprint density at radius 1 is 1.38 bits per heavy atom. The molecule has 1 aliphatic heterocycles. The summed E-state index contributed by atoms with van der Waals surface area (Å²) in [6.45, 7) is 0.545. The molecule has 2 rings (SSSR count). The van der Waals surface area contributed by atoms with Gasteiger partial charge in [0.25, 0.3) is 5.91 Å². The lowest BCUT2D eigenvalue weighted by molar-refractivity contribution is -0.140. The molecule has 0 bridgehead atoms. The Bertz CT molecular complexity index is 672. The smallest absolute Gasteiger partial charge is 0.305 e. The van der Waals surface area contributed by atoms with Crippen molar-refractivity contribution in [2.45, 2.75) is 25.7 Å². The van der Waals surface area contributed by atoms with Crippen LogP contribution in [0.2, 0.25) is 0 Å². The quantitative estimate of drug-likeness (QED) is 0.346. The van der Waals surface area contributed by atoms with E-state index >= 15 is 0 Å². The van der Waals surface area contributed by atoms with Crippen LogP contribution in [-0.2, 0) is 14.3 Å². The van der Waals surface area contributed by atoms with Crippen LogP contribution in [0.1, 0.15) is 31.2 Å². The molecule has 0 saturated carbocycles. The second-order valence-electron chi connectivity index (χ2n) is 5.32. The summed E-state index contributed by atoms with van der Waals surface area (Å²) < 4.78 is 5.13. The van der Waals surface area contributed by atoms with Crippen molar-refractivity contribution in [1.82, 2.24) is 4.90 Å². The van der Waals surface area contributed by atoms with Gasteiger partial charge < -0.3 is 9.84 Å². The van der Waals surface area contributed by atoms with Gasteiger partial charge in [-0.15, -0.1) is 0 Å². The maximum Gasteiger partial charge on any atom is 0.305 e. The predicted octanol–water partition coefficient (Wildman–Crippen LogP) is 3.33. The summed E-state index contributed by atoms with van der Waals surface area (Å²) in [7, 11) is 1.38. The Morgan fingerprint density at radius 2 is 2.17 bits per heavy atom. The van der Waals surface area contributed by atoms with Crippen LogP contribution in [0, 0.1) is 0 Å². The van der Waals surface area contributed by atoms with Gasteiger partial charge in [0.15, 0.2) is 0 Å². The zero-order valence-electron chi connectivity index (χ0n) is 13.4. The van der Waals surface area contributed by atoms with Crippen LogP contribution >= 0.6 is 24.0 Å². The molecule has 0 spiro atoms. The second kappa shape index (κ2) is 8.84. The van der Waals surface area contributed by atoms with Crippen molar-refractivity contribution in [1.29, 1.82) is 0 Å². The van der Waals surface area contributed by atoms with Crippen LogP contribution in [0.25, 0.3) is 6.08 Å². The first-order valence-electron chi connectivity index (χ1n) is 7.62. The topological polar surface area (TPSA) is 66.8 Å². The highest BCUT2D eigenvalue weighted by molar-refractivity contribution is 8.26. The third kappa shape index (κ3) is 5.07. The van der Waals surface area contributed by atoms with Gasteiger partial charge in [0, 0.05) is 13.0 Å². The van der Waals surface area contributed by atoms with Crippen LogP contribution in [0.3, 0.4) is 0 Å². The fourth-order valence-corrected chi connectivity index (χ4v) is 3.59. The van der Waals surface area contributed by atoms with Crippen molar-refractivity contribution in [2.75, 3.05) is 13.7 Å². The summed E-state index contributed by atoms with van der Waals surface area (Å²) >= 11 is 6.55. The molecule has 1 amide bonds. The van der Waals surface area contributed by atoms with Crippen molar-refractivity contribution in [3.63, 3.8) is 0 Å². The zero-order valence-corrected chi connectivity index (χ0v) is 15.0. The molecule has 1 heterocycles. The summed E-state index contributed by atoms with van der Waals surface area (Å²) in [6.07, 6.45) is 4.48. The molecule has 1 aliphatic rings. The summed E-state index contributed by atoms with van der Waals surface area (Å²) in [5.74, 6) is -0.166. The van der Waals surface area contributed by atoms with E-state index in [-0.39, 0.29) is 17.6 Å². The van der Waals surface area contributed by atoms with Crippen molar-refractivity contribution in [2.24, 2.45) is 0 Å². The number of carbonyl (C=O) groups is 2. The van der Waals surface area contributed by atoms with Crippen molar-refractivity contribution >= 4 is 46.3 Å². The third-order valence-corrected chi connectivity index (χ3v) is 4.91. The number of methoxy groups -OCH3 is 1. The fourth-order valence-electron chi connectivity index (χ4n) is 2.28. The van der Waals surface area contributed by atoms with E-state index in [0.717, 1.165) is 24.8 Å². The van der Waals surface area contributed by atoms with Crippen molar-refractivity contribution in [3.05, 3.63) is 34.7 Å². The number of ether oxygens (including phenoxy) is 1. The Balaban J connectivity index is 1.88. The number of esters is 1. The number of amides is 1. The van der Waals surface area contributed by atoms with E-state index in [1.165, 1.54) is 18.9 Å². The first-order valence-corrected chi connectivity index (χ1v) is 8.85. The number of carbonyl (C=O) groups excluding carboxylic acids is 2. The third-order valence-electron chi connectivity index (χ3n) is 3.53. The number of aromatic hydroxyl groups is 1. The number of unbranched alkanes of at least 4 members (excludes halogenated alkanes) is 2. The summed E-state index contributed by atoms with van der Waals surface area (Å²) in [5, 5.41) is 9.49. The summed E-state index contributed by atoms with van der Waals surface area (Å²) in [6, 6.07) is 6.72. The Kier molecular flexibility index (Phi) is 6.81. The molecule has 1 fully saturated rings. The SMILES string of the molecule is COC(=O)CCCCCN1C(=O)C(=Cc2cccc(O)c2)SC1=S. The van der Waals surface area contributed by atoms with Gasteiger partial charge in [-0.25, -0.2) is 0 Å². The van der Waals surface area contributed by atoms with Crippen LogP contribution in [0.15, 0.2) is 29.2 Å². The van der Waals surface area contributed by atoms with Gasteiger partial charge in [0.1, 0.15) is 10.1 Å². The van der Waals surface area contributed by atoms with Gasteiger partial charge in [0.05, 0.1) is 12.0 Å². The molecular formula is C17H19NO4S2. The van der Waals surface area contributed by atoms with Crippen LogP contribution in [0.5, 0.6) is 5.75 Å². The van der Waals surface area contributed by atoms with Gasteiger partial charge in [-0.3, -0.25) is 14.5 Å². The largest absolute Gasteiger partial charge is 0.508 e. The molecule has 128 valence electrons. The molecule has 0 aromatic heterocycles. The van der Waals surface area contributed by atoms with Gasteiger partial charge >= 0.3 is 5.97 Å². The average molecular weight is 365 g/mol. The van der Waals surface area contributed by atoms with Crippen molar-refractivity contribution in [3.8, 4) is 5.75 Å². The molecule has 5 nitrogen and oxygen atoms in total. The number of thioether (sulfide) groups is 1. The molecule has 0 aliphatic carbocycles. The van der Waals surface area contributed by atoms with Crippen LogP contribution in [0.4, 0.5) is 0 Å². The van der Waals surface area contributed by atoms with Crippen LogP contribution in [-0.4, -0.2) is 39.9 Å². The molecule has 24 heavy (non-hydrogen) atoms. The predicted molar refractivity (Wildman–Crippen MR) is 98.5 cm³/mol. The number of thiocarbonyl (C=S) groups is 1. The monoisotopic (exact) mass is 365 g/mol. The number of hydrogen-bond donors (Lipinski definition) is 1. The maximum atomic E-state index is 12.4. The van der Waals surface area contributed by atoms with E-state index in [4.69, 9.17) is 12.2 Å². The van der Waals surface area contributed by atoms with E-state index < -0.39 is 0 Å². The van der Waals surface area contributed by atoms with E-state index in [1.807, 2.05) is 6.07 Å². The van der Waals surface area contributed by atoms with Gasteiger partial charge in [-0.1, -0.05) is 42.5 Å². The number of hydrogen-bond acceptors (Lipinski definition) is 6. The number of rotatable bonds is 7. The lowest BCUT2D eigenvalue weighted by Crippen LogP contribution is -2.29. The Morgan fingerprint density at radius 3 is 2.88 bits per heavy atom. The zero-order chi connectivity index (χ0) is 17.5. The van der Waals surface area contributed by atoms with E-state index in [9.17, 15) is 14.7 Å². The molecular weight excluding hydrogens is 346 g/mol. The van der Waals surface area contributed by atoms with Gasteiger partial charge in [-0.05, 0) is 36.6 Å². The first kappa shape index (κ1) is 18.5. The normalized spacial score (nSPS) is 16.0. The average Bonchev–Trinajstić information content (AvgIpc) is 2.81. The Hall–Kier alpha value is -1.86. The minimum atomic E-state index is -0.213. The van der Waals surface area contributed by atoms with Crippen LogP contribution < -0.4 is 0 Å². The number of nitrogens with zero attached hydrogens (tertiary/aromatic N) is 1. The van der Waals surface area contributed by atoms with Crippen molar-refractivity contribution < 1.29 is 19.4 Å². The standard InChI is InChI=1S/C17H19NO4S2/c1-22-15(20)8-3-2-4-9-18-16(21)14(24-17(18)23)11-12-6-5-7-13(19)10-12/h5-7,10-11,19H,2-4,8-9H2,1H3. The molecule has 1 aromatic rings. The van der Waals surface area contributed by atoms with E-state index in [2.05, 4.69) is 4.74 Å². The number of benzene rings is 1. The minimum absolute atomic E-state index is 0.110. The first-order chi connectivity index (χ1) is 11.5. The molecule has 0 radical (unpaired) electrons. The van der Waals surface area contributed by atoms with Gasteiger partial charge in [-0.2, -0.15) is 0 Å². The summed E-state index contributed by atoms with van der Waals surface area (Å²) in [5.41, 5.74) is 0.758. The van der Waals surface area contributed by atoms with E-state index in [0.29, 0.717) is 22.2 Å². The second-order valence-corrected chi connectivity index (χ2v) is 6.99.